The Morgan fingerprint density at radius 3 is 2.70 bits per heavy atom. The molecule has 0 N–H and O–H groups in total. The molecule has 0 aliphatic carbocycles. The minimum Gasteiger partial charge on any atom is -0.354 e. The van der Waals surface area contributed by atoms with Crippen LogP contribution in [0.4, 0.5) is 5.82 Å². The number of aromatic nitrogens is 2. The second-order valence-corrected chi connectivity index (χ2v) is 7.73. The first-order chi connectivity index (χ1) is 9.56. The van der Waals surface area contributed by atoms with E-state index in [4.69, 9.17) is 11.6 Å². The topological polar surface area (TPSA) is 29.0 Å². The van der Waals surface area contributed by atoms with Gasteiger partial charge in [0.2, 0.25) is 0 Å². The molecule has 6 heteroatoms. The standard InChI is InChI=1S/C14H14ClN3S2/c1-8-9(2)19-14-12(8)13(16-7-17-14)18(3)6-10-4-5-11(15)20-10/h4-5,7H,6H2,1-3H3. The molecule has 3 heterocycles. The molecule has 3 aromatic rings. The summed E-state index contributed by atoms with van der Waals surface area (Å²) in [4.78, 5) is 14.6. The minimum atomic E-state index is 0.803. The Balaban J connectivity index is 2.01. The molecule has 3 nitrogen and oxygen atoms in total. The van der Waals surface area contributed by atoms with Crippen molar-refractivity contribution in [3.05, 3.63) is 38.1 Å². The molecule has 0 aliphatic rings. The summed E-state index contributed by atoms with van der Waals surface area (Å²) in [6, 6.07) is 4.00. The fourth-order valence-corrected chi connectivity index (χ4v) is 4.33. The van der Waals surface area contributed by atoms with E-state index in [-0.39, 0.29) is 0 Å². The lowest BCUT2D eigenvalue weighted by atomic mass is 10.2. The second kappa shape index (κ2) is 5.31. The molecule has 0 fully saturated rings. The van der Waals surface area contributed by atoms with Gasteiger partial charge in [-0.1, -0.05) is 11.6 Å². The Hall–Kier alpha value is -1.17. The first-order valence-electron chi connectivity index (χ1n) is 6.22. The Labute approximate surface area is 130 Å². The Bertz CT molecular complexity index is 763. The maximum atomic E-state index is 5.99. The molecule has 0 aliphatic heterocycles. The van der Waals surface area contributed by atoms with Crippen molar-refractivity contribution in [2.75, 3.05) is 11.9 Å². The summed E-state index contributed by atoms with van der Waals surface area (Å²) in [7, 11) is 2.06. The minimum absolute atomic E-state index is 0.803. The lowest BCUT2D eigenvalue weighted by Crippen LogP contribution is -2.17. The zero-order valence-corrected chi connectivity index (χ0v) is 13.9. The van der Waals surface area contributed by atoms with Crippen LogP contribution in [0.5, 0.6) is 0 Å². The van der Waals surface area contributed by atoms with Crippen LogP contribution >= 0.6 is 34.3 Å². The number of halogens is 1. The fraction of sp³-hybridized carbons (Fsp3) is 0.286. The van der Waals surface area contributed by atoms with E-state index in [0.29, 0.717) is 0 Å². The first-order valence-corrected chi connectivity index (χ1v) is 8.23. The van der Waals surface area contributed by atoms with E-state index in [1.165, 1.54) is 20.7 Å². The van der Waals surface area contributed by atoms with Crippen molar-refractivity contribution in [2.24, 2.45) is 0 Å². The number of fused-ring (bicyclic) bond motifs is 1. The molecular formula is C14H14ClN3S2. The van der Waals surface area contributed by atoms with Crippen molar-refractivity contribution in [2.45, 2.75) is 20.4 Å². The Morgan fingerprint density at radius 1 is 1.20 bits per heavy atom. The monoisotopic (exact) mass is 323 g/mol. The summed E-state index contributed by atoms with van der Waals surface area (Å²) in [6.45, 7) is 5.07. The molecule has 3 rings (SSSR count). The third-order valence-electron chi connectivity index (χ3n) is 3.33. The van der Waals surface area contributed by atoms with Gasteiger partial charge < -0.3 is 4.90 Å². The van der Waals surface area contributed by atoms with Crippen molar-refractivity contribution in [1.29, 1.82) is 0 Å². The maximum absolute atomic E-state index is 5.99. The molecule has 0 radical (unpaired) electrons. The summed E-state index contributed by atoms with van der Waals surface area (Å²) in [5, 5.41) is 1.17. The van der Waals surface area contributed by atoms with Crippen LogP contribution in [0.3, 0.4) is 0 Å². The molecule has 0 bridgehead atoms. The van der Waals surface area contributed by atoms with Crippen molar-refractivity contribution in [1.82, 2.24) is 9.97 Å². The van der Waals surface area contributed by atoms with Gasteiger partial charge >= 0.3 is 0 Å². The van der Waals surface area contributed by atoms with E-state index < -0.39 is 0 Å². The Morgan fingerprint density at radius 2 is 2.00 bits per heavy atom. The Kier molecular flexibility index (Phi) is 3.67. The van der Waals surface area contributed by atoms with Gasteiger partial charge in [0.1, 0.15) is 17.0 Å². The third-order valence-corrected chi connectivity index (χ3v) is 5.66. The smallest absolute Gasteiger partial charge is 0.141 e. The first kappa shape index (κ1) is 13.8. The van der Waals surface area contributed by atoms with Gasteiger partial charge in [0.05, 0.1) is 16.3 Å². The molecule has 0 saturated carbocycles. The van der Waals surface area contributed by atoms with E-state index >= 15 is 0 Å². The predicted octanol–water partition coefficient (Wildman–Crippen LogP) is 4.66. The summed E-state index contributed by atoms with van der Waals surface area (Å²) >= 11 is 9.32. The summed E-state index contributed by atoms with van der Waals surface area (Å²) in [6.07, 6.45) is 1.64. The molecule has 0 unspecified atom stereocenters. The summed E-state index contributed by atoms with van der Waals surface area (Å²) in [5.74, 6) is 0.987. The highest BCUT2D eigenvalue weighted by molar-refractivity contribution is 7.18. The van der Waals surface area contributed by atoms with Gasteiger partial charge in [0, 0.05) is 16.8 Å². The largest absolute Gasteiger partial charge is 0.354 e. The average Bonchev–Trinajstić information content (AvgIpc) is 2.94. The van der Waals surface area contributed by atoms with Gasteiger partial charge in [-0.2, -0.15) is 0 Å². The lowest BCUT2D eigenvalue weighted by Gasteiger charge is -2.18. The quantitative estimate of drug-likeness (QED) is 0.702. The average molecular weight is 324 g/mol. The van der Waals surface area contributed by atoms with E-state index in [1.807, 2.05) is 6.07 Å². The zero-order chi connectivity index (χ0) is 14.3. The number of aryl methyl sites for hydroxylation is 2. The van der Waals surface area contributed by atoms with E-state index in [2.05, 4.69) is 41.8 Å². The molecule has 0 atom stereocenters. The van der Waals surface area contributed by atoms with Crippen LogP contribution in [0.15, 0.2) is 18.5 Å². The molecule has 0 spiro atoms. The molecular weight excluding hydrogens is 310 g/mol. The van der Waals surface area contributed by atoms with Gasteiger partial charge in [-0.05, 0) is 31.5 Å². The van der Waals surface area contributed by atoms with E-state index in [1.54, 1.807) is 29.0 Å². The molecule has 0 saturated heterocycles. The van der Waals surface area contributed by atoms with Gasteiger partial charge in [-0.15, -0.1) is 22.7 Å². The highest BCUT2D eigenvalue weighted by Gasteiger charge is 2.15. The van der Waals surface area contributed by atoms with E-state index in [9.17, 15) is 0 Å². The second-order valence-electron chi connectivity index (χ2n) is 4.72. The third kappa shape index (κ3) is 2.41. The van der Waals surface area contributed by atoms with Crippen LogP contribution in [-0.2, 0) is 6.54 Å². The van der Waals surface area contributed by atoms with Gasteiger partial charge in [0.15, 0.2) is 0 Å². The van der Waals surface area contributed by atoms with Crippen LogP contribution in [0.2, 0.25) is 4.34 Å². The van der Waals surface area contributed by atoms with E-state index in [0.717, 1.165) is 21.5 Å². The summed E-state index contributed by atoms with van der Waals surface area (Å²) in [5.41, 5.74) is 1.27. The van der Waals surface area contributed by atoms with Crippen molar-refractivity contribution >= 4 is 50.3 Å². The highest BCUT2D eigenvalue weighted by atomic mass is 35.5. The molecule has 0 aromatic carbocycles. The van der Waals surface area contributed by atoms with Crippen LogP contribution in [0.1, 0.15) is 15.3 Å². The zero-order valence-electron chi connectivity index (χ0n) is 11.5. The number of rotatable bonds is 3. The number of anilines is 1. The van der Waals surface area contributed by atoms with Crippen LogP contribution in [0.25, 0.3) is 10.2 Å². The number of hydrogen-bond donors (Lipinski definition) is 0. The molecule has 0 amide bonds. The van der Waals surface area contributed by atoms with Crippen LogP contribution < -0.4 is 4.90 Å². The summed E-state index contributed by atoms with van der Waals surface area (Å²) < 4.78 is 0.823. The number of nitrogens with zero attached hydrogens (tertiary/aromatic N) is 3. The number of thiophene rings is 2. The predicted molar refractivity (Wildman–Crippen MR) is 88.3 cm³/mol. The fourth-order valence-electron chi connectivity index (χ4n) is 2.20. The van der Waals surface area contributed by atoms with Crippen molar-refractivity contribution in [3.63, 3.8) is 0 Å². The van der Waals surface area contributed by atoms with Gasteiger partial charge in [-0.3, -0.25) is 0 Å². The van der Waals surface area contributed by atoms with Crippen LogP contribution in [0, 0.1) is 13.8 Å². The van der Waals surface area contributed by atoms with Gasteiger partial charge in [-0.25, -0.2) is 9.97 Å². The van der Waals surface area contributed by atoms with Gasteiger partial charge in [0.25, 0.3) is 0 Å². The van der Waals surface area contributed by atoms with Crippen molar-refractivity contribution < 1.29 is 0 Å². The molecule has 3 aromatic heterocycles. The maximum Gasteiger partial charge on any atom is 0.141 e. The van der Waals surface area contributed by atoms with Crippen molar-refractivity contribution in [3.8, 4) is 0 Å². The number of hydrogen-bond acceptors (Lipinski definition) is 5. The highest BCUT2D eigenvalue weighted by Crippen LogP contribution is 2.34. The van der Waals surface area contributed by atoms with Crippen LogP contribution in [-0.4, -0.2) is 17.0 Å². The molecule has 104 valence electrons. The SMILES string of the molecule is Cc1sc2ncnc(N(C)Cc3ccc(Cl)s3)c2c1C. The normalized spacial score (nSPS) is 11.2. The lowest BCUT2D eigenvalue weighted by molar-refractivity contribution is 0.915. The molecule has 20 heavy (non-hydrogen) atoms.